The third-order valence-electron chi connectivity index (χ3n) is 3.53. The van der Waals surface area contributed by atoms with Crippen molar-refractivity contribution in [2.75, 3.05) is 0 Å². The summed E-state index contributed by atoms with van der Waals surface area (Å²) < 4.78 is 4.88. The Kier molecular flexibility index (Phi) is 9.90. The van der Waals surface area contributed by atoms with Crippen LogP contribution in [0.1, 0.15) is 78.6 Å². The summed E-state index contributed by atoms with van der Waals surface area (Å²) in [6.07, 6.45) is 9.62. The first-order chi connectivity index (χ1) is 8.16. The first kappa shape index (κ1) is 16.9. The fourth-order valence-electron chi connectivity index (χ4n) is 2.31. The number of carbonyl (C=O) groups is 1. The smallest absolute Gasteiger partial charge is 0.323 e. The molecule has 0 amide bonds. The van der Waals surface area contributed by atoms with Crippen molar-refractivity contribution in [3.05, 3.63) is 0 Å². The van der Waals surface area contributed by atoms with Crippen molar-refractivity contribution < 1.29 is 8.62 Å². The Labute approximate surface area is 115 Å². The molecule has 0 heterocycles. The molecule has 0 radical (unpaired) electrons. The molecule has 0 saturated carbocycles. The van der Waals surface area contributed by atoms with Crippen LogP contribution < -0.4 is 0 Å². The summed E-state index contributed by atoms with van der Waals surface area (Å²) in [6, 6.07) is 0. The summed E-state index contributed by atoms with van der Waals surface area (Å²) in [5.41, 5.74) is -0.245. The van der Waals surface area contributed by atoms with E-state index in [2.05, 4.69) is 37.0 Å². The first-order valence-electron chi connectivity index (χ1n) is 6.99. The second-order valence-electron chi connectivity index (χ2n) is 4.96. The van der Waals surface area contributed by atoms with Crippen molar-refractivity contribution >= 4 is 22.2 Å². The molecule has 17 heavy (non-hydrogen) atoms. The highest BCUT2D eigenvalue weighted by Crippen LogP contribution is 2.38. The van der Waals surface area contributed by atoms with Gasteiger partial charge in [0.2, 0.25) is 0 Å². The van der Waals surface area contributed by atoms with Crippen molar-refractivity contribution in [1.29, 1.82) is 0 Å². The van der Waals surface area contributed by atoms with Gasteiger partial charge in [-0.25, -0.2) is 0 Å². The van der Waals surface area contributed by atoms with Crippen LogP contribution in [0.5, 0.6) is 0 Å². The fraction of sp³-hybridized carbons (Fsp3) is 0.929. The molecule has 0 aromatic carbocycles. The maximum atomic E-state index is 12.1. The Balaban J connectivity index is 4.70. The molecular weight excluding hydrogens is 280 g/mol. The molecule has 0 aliphatic rings. The number of halogens is 1. The zero-order valence-electron chi connectivity index (χ0n) is 11.6. The third kappa shape index (κ3) is 5.89. The van der Waals surface area contributed by atoms with Gasteiger partial charge in [-0.1, -0.05) is 59.3 Å². The summed E-state index contributed by atoms with van der Waals surface area (Å²) in [7, 11) is 0. The molecule has 0 spiro atoms. The first-order valence-corrected chi connectivity index (χ1v) is 7.64. The molecule has 0 aromatic rings. The van der Waals surface area contributed by atoms with Gasteiger partial charge in [0.25, 0.3) is 0 Å². The third-order valence-corrected chi connectivity index (χ3v) is 3.82. The van der Waals surface area contributed by atoms with Crippen LogP contribution in [0.25, 0.3) is 0 Å². The zero-order chi connectivity index (χ0) is 13.1. The van der Waals surface area contributed by atoms with E-state index in [1.54, 1.807) is 0 Å². The van der Waals surface area contributed by atoms with Gasteiger partial charge in [0, 0.05) is 0 Å². The lowest BCUT2D eigenvalue weighted by atomic mass is 9.74. The Morgan fingerprint density at radius 2 is 1.29 bits per heavy atom. The van der Waals surface area contributed by atoms with Gasteiger partial charge >= 0.3 is 5.97 Å². The Morgan fingerprint density at radius 3 is 1.53 bits per heavy atom. The molecule has 0 atom stereocenters. The van der Waals surface area contributed by atoms with E-state index in [-0.39, 0.29) is 11.4 Å². The molecular formula is C14H27BrO2. The van der Waals surface area contributed by atoms with Gasteiger partial charge in [-0.3, -0.25) is 4.79 Å². The van der Waals surface area contributed by atoms with Crippen molar-refractivity contribution in [2.24, 2.45) is 5.41 Å². The standard InChI is InChI=1S/C14H27BrO2/c1-4-7-10-14(11-8-5-2,12-9-6-3)13(16)17-15/h4-12H2,1-3H3. The molecule has 0 aliphatic heterocycles. The van der Waals surface area contributed by atoms with Gasteiger partial charge in [0.15, 0.2) is 16.3 Å². The molecule has 0 N–H and O–H groups in total. The SMILES string of the molecule is CCCCC(CCCC)(CCCC)C(=O)OBr. The molecule has 0 fully saturated rings. The number of hydrogen-bond donors (Lipinski definition) is 0. The number of unbranched alkanes of at least 4 members (excludes halogenated alkanes) is 3. The van der Waals surface area contributed by atoms with E-state index in [1.807, 2.05) is 0 Å². The summed E-state index contributed by atoms with van der Waals surface area (Å²) >= 11 is 2.88. The van der Waals surface area contributed by atoms with Crippen molar-refractivity contribution in [2.45, 2.75) is 78.6 Å². The van der Waals surface area contributed by atoms with Crippen LogP contribution in [0.3, 0.4) is 0 Å². The van der Waals surface area contributed by atoms with Gasteiger partial charge in [-0.05, 0) is 19.3 Å². The van der Waals surface area contributed by atoms with Gasteiger partial charge in [-0.2, -0.15) is 0 Å². The number of hydrogen-bond acceptors (Lipinski definition) is 2. The molecule has 0 aliphatic carbocycles. The van der Waals surface area contributed by atoms with Gasteiger partial charge in [-0.15, -0.1) is 0 Å². The average Bonchev–Trinajstić information content (AvgIpc) is 2.37. The summed E-state index contributed by atoms with van der Waals surface area (Å²) in [5.74, 6) is -0.0622. The van der Waals surface area contributed by atoms with E-state index >= 15 is 0 Å². The van der Waals surface area contributed by atoms with E-state index in [1.165, 1.54) is 0 Å². The van der Waals surface area contributed by atoms with Gasteiger partial charge < -0.3 is 3.83 Å². The number of carbonyl (C=O) groups excluding carboxylic acids is 1. The minimum Gasteiger partial charge on any atom is -0.383 e. The average molecular weight is 307 g/mol. The van der Waals surface area contributed by atoms with E-state index in [9.17, 15) is 4.79 Å². The quantitative estimate of drug-likeness (QED) is 0.540. The highest BCUT2D eigenvalue weighted by Gasteiger charge is 2.37. The van der Waals surface area contributed by atoms with Crippen LogP contribution in [-0.4, -0.2) is 5.97 Å². The van der Waals surface area contributed by atoms with E-state index in [0.717, 1.165) is 57.8 Å². The molecule has 0 unspecified atom stereocenters. The lowest BCUT2D eigenvalue weighted by Crippen LogP contribution is -2.31. The molecule has 0 rings (SSSR count). The van der Waals surface area contributed by atoms with Crippen LogP contribution in [0, 0.1) is 5.41 Å². The van der Waals surface area contributed by atoms with Crippen molar-refractivity contribution in [1.82, 2.24) is 0 Å². The maximum absolute atomic E-state index is 12.1. The lowest BCUT2D eigenvalue weighted by Gasteiger charge is -2.30. The minimum atomic E-state index is -0.245. The van der Waals surface area contributed by atoms with E-state index in [0.29, 0.717) is 0 Å². The summed E-state index contributed by atoms with van der Waals surface area (Å²) in [5, 5.41) is 0. The topological polar surface area (TPSA) is 26.3 Å². The second-order valence-corrected chi connectivity index (χ2v) is 5.28. The zero-order valence-corrected chi connectivity index (χ0v) is 13.1. The Morgan fingerprint density at radius 1 is 0.941 bits per heavy atom. The Bertz CT molecular complexity index is 183. The Hall–Kier alpha value is -0.0500. The monoisotopic (exact) mass is 306 g/mol. The summed E-state index contributed by atoms with van der Waals surface area (Å²) in [4.78, 5) is 12.1. The number of rotatable bonds is 10. The van der Waals surface area contributed by atoms with Gasteiger partial charge in [0.05, 0.1) is 5.41 Å². The van der Waals surface area contributed by atoms with E-state index < -0.39 is 0 Å². The van der Waals surface area contributed by atoms with Crippen LogP contribution in [-0.2, 0) is 8.62 Å². The molecule has 0 bridgehead atoms. The fourth-order valence-corrected chi connectivity index (χ4v) is 2.65. The molecule has 3 heteroatoms. The molecule has 2 nitrogen and oxygen atoms in total. The highest BCUT2D eigenvalue weighted by atomic mass is 79.9. The summed E-state index contributed by atoms with van der Waals surface area (Å²) in [6.45, 7) is 6.51. The predicted molar refractivity (Wildman–Crippen MR) is 76.0 cm³/mol. The van der Waals surface area contributed by atoms with Gasteiger partial charge in [0.1, 0.15) is 0 Å². The highest BCUT2D eigenvalue weighted by molar-refractivity contribution is 9.06. The normalized spacial score (nSPS) is 11.5. The van der Waals surface area contributed by atoms with Crippen LogP contribution >= 0.6 is 16.3 Å². The maximum Gasteiger partial charge on any atom is 0.323 e. The second kappa shape index (κ2) is 9.93. The van der Waals surface area contributed by atoms with Crippen LogP contribution in [0.4, 0.5) is 0 Å². The molecule has 0 aromatic heterocycles. The van der Waals surface area contributed by atoms with Crippen LogP contribution in [0.2, 0.25) is 0 Å². The predicted octanol–water partition coefficient (Wildman–Crippen LogP) is 5.40. The minimum absolute atomic E-state index is 0.0622. The van der Waals surface area contributed by atoms with Crippen molar-refractivity contribution in [3.63, 3.8) is 0 Å². The molecule has 0 saturated heterocycles. The molecule has 102 valence electrons. The largest absolute Gasteiger partial charge is 0.383 e. The van der Waals surface area contributed by atoms with Crippen molar-refractivity contribution in [3.8, 4) is 0 Å². The van der Waals surface area contributed by atoms with Crippen LogP contribution in [0.15, 0.2) is 0 Å². The lowest BCUT2D eigenvalue weighted by molar-refractivity contribution is -0.145. The van der Waals surface area contributed by atoms with E-state index in [4.69, 9.17) is 3.83 Å².